The molecule has 1 heterocycles. The topological polar surface area (TPSA) is 128 Å². The quantitative estimate of drug-likeness (QED) is 0.437. The number of nitrogens with two attached hydrogens (primary N) is 1. The van der Waals surface area contributed by atoms with Gasteiger partial charge >= 0.3 is 0 Å². The molecule has 0 aliphatic heterocycles. The number of nitrogens with zero attached hydrogens (tertiary/aromatic N) is 2. The van der Waals surface area contributed by atoms with Crippen molar-refractivity contribution in [2.75, 3.05) is 0 Å². The fourth-order valence-corrected chi connectivity index (χ4v) is 2.31. The number of amides is 2. The molecule has 2 aromatic rings. The van der Waals surface area contributed by atoms with Gasteiger partial charge in [0.1, 0.15) is 11.2 Å². The molecular formula is C16H15ClN4O4. The molecule has 1 aromatic heterocycles. The predicted octanol–water partition coefficient (Wildman–Crippen LogP) is 1.40. The van der Waals surface area contributed by atoms with Crippen molar-refractivity contribution in [2.45, 2.75) is 18.9 Å². The Bertz CT molecular complexity index is 795. The minimum atomic E-state index is -0.922. The summed E-state index contributed by atoms with van der Waals surface area (Å²) in [4.78, 5) is 37.8. The van der Waals surface area contributed by atoms with Crippen LogP contribution < -0.4 is 11.1 Å². The molecule has 2 amide bonds. The van der Waals surface area contributed by atoms with E-state index in [-0.39, 0.29) is 18.5 Å². The lowest BCUT2D eigenvalue weighted by atomic mass is 10.1. The monoisotopic (exact) mass is 362 g/mol. The summed E-state index contributed by atoms with van der Waals surface area (Å²) in [5.74, 6) is -1.16. The van der Waals surface area contributed by atoms with Crippen molar-refractivity contribution in [3.05, 3.63) is 69.0 Å². The number of aromatic nitrogens is 1. The number of carbonyl (C=O) groups is 2. The number of hydrogen-bond acceptors (Lipinski definition) is 5. The van der Waals surface area contributed by atoms with Gasteiger partial charge in [0.2, 0.25) is 11.8 Å². The number of nitro benzene ring substituents is 1. The van der Waals surface area contributed by atoms with E-state index < -0.39 is 22.8 Å². The van der Waals surface area contributed by atoms with Gasteiger partial charge in [-0.15, -0.1) is 0 Å². The first-order chi connectivity index (χ1) is 11.8. The van der Waals surface area contributed by atoms with Crippen molar-refractivity contribution >= 4 is 29.1 Å². The Balaban J connectivity index is 2.02. The molecule has 8 nitrogen and oxygen atoms in total. The van der Waals surface area contributed by atoms with E-state index in [9.17, 15) is 19.7 Å². The van der Waals surface area contributed by atoms with E-state index in [1.165, 1.54) is 24.4 Å². The van der Waals surface area contributed by atoms with Crippen LogP contribution in [-0.2, 0) is 22.4 Å². The summed E-state index contributed by atoms with van der Waals surface area (Å²) >= 11 is 5.70. The highest BCUT2D eigenvalue weighted by atomic mass is 35.5. The van der Waals surface area contributed by atoms with Gasteiger partial charge in [-0.25, -0.2) is 4.98 Å². The summed E-state index contributed by atoms with van der Waals surface area (Å²) < 4.78 is 0. The second-order valence-corrected chi connectivity index (χ2v) is 5.71. The van der Waals surface area contributed by atoms with E-state index in [0.717, 1.165) is 0 Å². The second-order valence-electron chi connectivity index (χ2n) is 5.32. The normalized spacial score (nSPS) is 11.6. The number of nitrogens with one attached hydrogen (secondary N) is 1. The lowest BCUT2D eigenvalue weighted by Gasteiger charge is -2.15. The summed E-state index contributed by atoms with van der Waals surface area (Å²) in [7, 11) is 0. The van der Waals surface area contributed by atoms with Crippen LogP contribution in [0.3, 0.4) is 0 Å². The van der Waals surface area contributed by atoms with Crippen molar-refractivity contribution < 1.29 is 14.5 Å². The average molecular weight is 363 g/mol. The zero-order valence-corrected chi connectivity index (χ0v) is 13.8. The Morgan fingerprint density at radius 3 is 2.64 bits per heavy atom. The highest BCUT2D eigenvalue weighted by Gasteiger charge is 2.19. The molecule has 0 bridgehead atoms. The molecule has 2 rings (SSSR count). The zero-order valence-electron chi connectivity index (χ0n) is 13.0. The second kappa shape index (κ2) is 8.20. The number of benzene rings is 1. The third kappa shape index (κ3) is 5.54. The third-order valence-electron chi connectivity index (χ3n) is 3.39. The smallest absolute Gasteiger partial charge is 0.269 e. The van der Waals surface area contributed by atoms with Crippen LogP contribution in [0.2, 0.25) is 5.15 Å². The lowest BCUT2D eigenvalue weighted by molar-refractivity contribution is -0.384. The molecule has 0 saturated carbocycles. The molecular weight excluding hydrogens is 348 g/mol. The van der Waals surface area contributed by atoms with Gasteiger partial charge in [0.15, 0.2) is 0 Å². The SMILES string of the molecule is NC(=O)[C@H](Cc1ccc(Cl)nc1)NC(=O)Cc1cccc([N+](=O)[O-])c1. The molecule has 0 unspecified atom stereocenters. The highest BCUT2D eigenvalue weighted by Crippen LogP contribution is 2.13. The maximum absolute atomic E-state index is 12.1. The van der Waals surface area contributed by atoms with Gasteiger partial charge in [-0.2, -0.15) is 0 Å². The standard InChI is InChI=1S/C16H15ClN4O4/c17-14-5-4-11(9-19-14)7-13(16(18)23)20-15(22)8-10-2-1-3-12(6-10)21(24)25/h1-6,9,13H,7-8H2,(H2,18,23)(H,20,22)/t13-/m0/s1. The largest absolute Gasteiger partial charge is 0.368 e. The highest BCUT2D eigenvalue weighted by molar-refractivity contribution is 6.29. The van der Waals surface area contributed by atoms with E-state index in [1.54, 1.807) is 18.2 Å². The van der Waals surface area contributed by atoms with Crippen LogP contribution in [0.1, 0.15) is 11.1 Å². The molecule has 3 N–H and O–H groups in total. The number of pyridine rings is 1. The van der Waals surface area contributed by atoms with Crippen LogP contribution >= 0.6 is 11.6 Å². The molecule has 1 aromatic carbocycles. The Hall–Kier alpha value is -3.00. The van der Waals surface area contributed by atoms with E-state index in [1.807, 2.05) is 0 Å². The number of hydrogen-bond donors (Lipinski definition) is 2. The van der Waals surface area contributed by atoms with E-state index in [2.05, 4.69) is 10.3 Å². The van der Waals surface area contributed by atoms with Crippen LogP contribution in [0.4, 0.5) is 5.69 Å². The minimum Gasteiger partial charge on any atom is -0.368 e. The van der Waals surface area contributed by atoms with E-state index in [0.29, 0.717) is 16.3 Å². The van der Waals surface area contributed by atoms with Gasteiger partial charge in [0, 0.05) is 24.8 Å². The predicted molar refractivity (Wildman–Crippen MR) is 90.9 cm³/mol. The summed E-state index contributed by atoms with van der Waals surface area (Å²) in [5, 5.41) is 13.6. The molecule has 25 heavy (non-hydrogen) atoms. The molecule has 0 radical (unpaired) electrons. The van der Waals surface area contributed by atoms with Crippen LogP contribution in [0.25, 0.3) is 0 Å². The zero-order chi connectivity index (χ0) is 18.4. The molecule has 1 atom stereocenters. The molecule has 0 aliphatic rings. The Kier molecular flexibility index (Phi) is 6.02. The fraction of sp³-hybridized carbons (Fsp3) is 0.188. The number of carbonyl (C=O) groups excluding carboxylic acids is 2. The Labute approximate surface area is 148 Å². The molecule has 0 saturated heterocycles. The number of non-ortho nitro benzene ring substituents is 1. The number of primary amides is 1. The first kappa shape index (κ1) is 18.3. The molecule has 0 fully saturated rings. The summed E-state index contributed by atoms with van der Waals surface area (Å²) in [6.07, 6.45) is 1.55. The third-order valence-corrected chi connectivity index (χ3v) is 3.62. The van der Waals surface area contributed by atoms with Gasteiger partial charge in [-0.1, -0.05) is 29.8 Å². The van der Waals surface area contributed by atoms with E-state index in [4.69, 9.17) is 17.3 Å². The van der Waals surface area contributed by atoms with Crippen LogP contribution in [0.5, 0.6) is 0 Å². The Morgan fingerprint density at radius 2 is 2.04 bits per heavy atom. The molecule has 130 valence electrons. The van der Waals surface area contributed by atoms with Crippen molar-refractivity contribution in [3.63, 3.8) is 0 Å². The van der Waals surface area contributed by atoms with Gasteiger partial charge in [-0.05, 0) is 17.2 Å². The maximum Gasteiger partial charge on any atom is 0.269 e. The fourth-order valence-electron chi connectivity index (χ4n) is 2.20. The summed E-state index contributed by atoms with van der Waals surface area (Å²) in [6, 6.07) is 8.05. The molecule has 9 heteroatoms. The molecule has 0 spiro atoms. The van der Waals surface area contributed by atoms with E-state index >= 15 is 0 Å². The van der Waals surface area contributed by atoms with Crippen molar-refractivity contribution in [3.8, 4) is 0 Å². The van der Waals surface area contributed by atoms with Crippen LogP contribution in [0, 0.1) is 10.1 Å². The Morgan fingerprint density at radius 1 is 1.28 bits per heavy atom. The first-order valence-corrected chi connectivity index (χ1v) is 7.65. The van der Waals surface area contributed by atoms with Crippen LogP contribution in [0.15, 0.2) is 42.6 Å². The van der Waals surface area contributed by atoms with Gasteiger partial charge in [0.05, 0.1) is 11.3 Å². The van der Waals surface area contributed by atoms with Crippen LogP contribution in [-0.4, -0.2) is 27.8 Å². The number of nitro groups is 1. The van der Waals surface area contributed by atoms with Crippen molar-refractivity contribution in [1.29, 1.82) is 0 Å². The van der Waals surface area contributed by atoms with Crippen molar-refractivity contribution in [1.82, 2.24) is 10.3 Å². The van der Waals surface area contributed by atoms with Gasteiger partial charge in [0.25, 0.3) is 5.69 Å². The maximum atomic E-state index is 12.1. The van der Waals surface area contributed by atoms with Crippen molar-refractivity contribution in [2.24, 2.45) is 5.73 Å². The summed E-state index contributed by atoms with van der Waals surface area (Å²) in [6.45, 7) is 0. The van der Waals surface area contributed by atoms with Gasteiger partial charge < -0.3 is 11.1 Å². The minimum absolute atomic E-state index is 0.107. The average Bonchev–Trinajstić information content (AvgIpc) is 2.56. The first-order valence-electron chi connectivity index (χ1n) is 7.27. The lowest BCUT2D eigenvalue weighted by Crippen LogP contribution is -2.46. The number of halogens is 1. The summed E-state index contributed by atoms with van der Waals surface area (Å²) in [5.41, 5.74) is 6.37. The van der Waals surface area contributed by atoms with Gasteiger partial charge in [-0.3, -0.25) is 19.7 Å². The molecule has 0 aliphatic carbocycles. The number of rotatable bonds is 7.